The lowest BCUT2D eigenvalue weighted by Crippen LogP contribution is -2.42. The zero-order chi connectivity index (χ0) is 14.4. The Bertz CT molecular complexity index is 490. The molecule has 0 saturated carbocycles. The minimum atomic E-state index is -0.535. The van der Waals surface area contributed by atoms with Gasteiger partial charge in [0.1, 0.15) is 6.04 Å². The van der Waals surface area contributed by atoms with Crippen LogP contribution in [0.25, 0.3) is 0 Å². The van der Waals surface area contributed by atoms with Crippen LogP contribution >= 0.6 is 0 Å². The molecule has 3 N–H and O–H groups in total. The van der Waals surface area contributed by atoms with Gasteiger partial charge in [-0.25, -0.2) is 0 Å². The third-order valence-electron chi connectivity index (χ3n) is 3.07. The molecule has 0 fully saturated rings. The molecule has 2 amide bonds. The highest BCUT2D eigenvalue weighted by atomic mass is 16.5. The number of carbonyl (C=O) groups is 2. The Morgan fingerprint density at radius 3 is 2.85 bits per heavy atom. The molecule has 2 rings (SSSR count). The number of rotatable bonds is 6. The maximum Gasteiger partial charge on any atom is 0.247 e. The molecule has 1 atom stereocenters. The lowest BCUT2D eigenvalue weighted by atomic mass is 10.1. The van der Waals surface area contributed by atoms with Gasteiger partial charge in [0.2, 0.25) is 11.8 Å². The van der Waals surface area contributed by atoms with E-state index < -0.39 is 6.04 Å². The first-order chi connectivity index (χ1) is 9.70. The van der Waals surface area contributed by atoms with Crippen LogP contribution in [0.2, 0.25) is 0 Å². The number of para-hydroxylation sites is 2. The van der Waals surface area contributed by atoms with E-state index in [2.05, 4.69) is 16.0 Å². The molecule has 108 valence electrons. The lowest BCUT2D eigenvalue weighted by molar-refractivity contribution is -0.125. The van der Waals surface area contributed by atoms with E-state index in [0.29, 0.717) is 13.2 Å². The van der Waals surface area contributed by atoms with Gasteiger partial charge in [-0.2, -0.15) is 0 Å². The van der Waals surface area contributed by atoms with Crippen molar-refractivity contribution in [3.8, 4) is 0 Å². The Morgan fingerprint density at radius 1 is 1.35 bits per heavy atom. The summed E-state index contributed by atoms with van der Waals surface area (Å²) in [6.45, 7) is 1.16. The summed E-state index contributed by atoms with van der Waals surface area (Å²) in [5.74, 6) is -0.330. The van der Waals surface area contributed by atoms with Crippen LogP contribution < -0.4 is 16.0 Å². The number of fused-ring (bicyclic) bond motifs is 1. The fraction of sp³-hybridized carbons (Fsp3) is 0.429. The molecule has 6 heteroatoms. The Morgan fingerprint density at radius 2 is 2.10 bits per heavy atom. The largest absolute Gasteiger partial charge is 0.385 e. The second-order valence-corrected chi connectivity index (χ2v) is 4.63. The van der Waals surface area contributed by atoms with Crippen molar-refractivity contribution in [3.05, 3.63) is 24.3 Å². The number of anilines is 2. The number of nitrogens with one attached hydrogen (secondary N) is 3. The lowest BCUT2D eigenvalue weighted by Gasteiger charge is -2.26. The Labute approximate surface area is 117 Å². The van der Waals surface area contributed by atoms with Crippen molar-refractivity contribution >= 4 is 23.2 Å². The monoisotopic (exact) mass is 277 g/mol. The molecule has 1 aromatic carbocycles. The molecule has 1 heterocycles. The third kappa shape index (κ3) is 3.71. The summed E-state index contributed by atoms with van der Waals surface area (Å²) in [7, 11) is 1.62. The number of hydrogen-bond donors (Lipinski definition) is 3. The topological polar surface area (TPSA) is 79.5 Å². The average molecular weight is 277 g/mol. The first-order valence-electron chi connectivity index (χ1n) is 6.63. The van der Waals surface area contributed by atoms with Gasteiger partial charge >= 0.3 is 0 Å². The number of amides is 2. The van der Waals surface area contributed by atoms with Crippen LogP contribution in [-0.4, -0.2) is 38.1 Å². The highest BCUT2D eigenvalue weighted by Gasteiger charge is 2.26. The van der Waals surface area contributed by atoms with Crippen LogP contribution in [0.15, 0.2) is 24.3 Å². The van der Waals surface area contributed by atoms with Crippen LogP contribution in [0.1, 0.15) is 12.8 Å². The Kier molecular flexibility index (Phi) is 4.95. The van der Waals surface area contributed by atoms with Crippen LogP contribution in [0, 0.1) is 0 Å². The predicted octanol–water partition coefficient (Wildman–Crippen LogP) is 0.962. The SMILES string of the molecule is COCCCNC(=O)CC1Nc2ccccc2NC1=O. The maximum atomic E-state index is 11.9. The molecule has 0 radical (unpaired) electrons. The van der Waals surface area contributed by atoms with Crippen molar-refractivity contribution in [1.29, 1.82) is 0 Å². The highest BCUT2D eigenvalue weighted by Crippen LogP contribution is 2.26. The van der Waals surface area contributed by atoms with Crippen molar-refractivity contribution in [1.82, 2.24) is 5.32 Å². The standard InChI is InChI=1S/C14H19N3O3/c1-20-8-4-7-15-13(18)9-12-14(19)17-11-6-3-2-5-10(11)16-12/h2-3,5-6,12,16H,4,7-9H2,1H3,(H,15,18)(H,17,19). The maximum absolute atomic E-state index is 11.9. The Balaban J connectivity index is 1.84. The molecule has 0 aromatic heterocycles. The number of benzene rings is 1. The fourth-order valence-corrected chi connectivity index (χ4v) is 2.04. The van der Waals surface area contributed by atoms with Crippen LogP contribution in [0.4, 0.5) is 11.4 Å². The molecule has 6 nitrogen and oxygen atoms in total. The van der Waals surface area contributed by atoms with E-state index in [9.17, 15) is 9.59 Å². The molecule has 20 heavy (non-hydrogen) atoms. The van der Waals surface area contributed by atoms with E-state index in [1.807, 2.05) is 24.3 Å². The molecule has 1 aliphatic rings. The van der Waals surface area contributed by atoms with Gasteiger partial charge in [0.25, 0.3) is 0 Å². The van der Waals surface area contributed by atoms with Crippen molar-refractivity contribution in [2.45, 2.75) is 18.9 Å². The zero-order valence-electron chi connectivity index (χ0n) is 11.4. The fourth-order valence-electron chi connectivity index (χ4n) is 2.04. The van der Waals surface area contributed by atoms with E-state index in [-0.39, 0.29) is 18.2 Å². The summed E-state index contributed by atoms with van der Waals surface area (Å²) in [6.07, 6.45) is 0.877. The molecule has 1 unspecified atom stereocenters. The molecule has 0 saturated heterocycles. The molecular weight excluding hydrogens is 258 g/mol. The smallest absolute Gasteiger partial charge is 0.247 e. The quantitative estimate of drug-likeness (QED) is 0.677. The number of carbonyl (C=O) groups excluding carboxylic acids is 2. The molecule has 1 aliphatic heterocycles. The van der Waals surface area contributed by atoms with Gasteiger partial charge in [0.05, 0.1) is 17.8 Å². The van der Waals surface area contributed by atoms with E-state index in [1.165, 1.54) is 0 Å². The zero-order valence-corrected chi connectivity index (χ0v) is 11.4. The van der Waals surface area contributed by atoms with Crippen molar-refractivity contribution in [2.75, 3.05) is 30.9 Å². The van der Waals surface area contributed by atoms with Crippen LogP contribution in [-0.2, 0) is 14.3 Å². The Hall–Kier alpha value is -2.08. The normalized spacial score (nSPS) is 16.9. The van der Waals surface area contributed by atoms with Crippen molar-refractivity contribution in [2.24, 2.45) is 0 Å². The van der Waals surface area contributed by atoms with E-state index in [4.69, 9.17) is 4.74 Å². The van der Waals surface area contributed by atoms with Gasteiger partial charge in [-0.1, -0.05) is 12.1 Å². The molecule has 0 bridgehead atoms. The van der Waals surface area contributed by atoms with Gasteiger partial charge in [-0.3, -0.25) is 9.59 Å². The van der Waals surface area contributed by atoms with Gasteiger partial charge in [-0.05, 0) is 18.6 Å². The minimum Gasteiger partial charge on any atom is -0.385 e. The van der Waals surface area contributed by atoms with Crippen LogP contribution in [0.3, 0.4) is 0 Å². The summed E-state index contributed by atoms with van der Waals surface area (Å²) in [4.78, 5) is 23.7. The van der Waals surface area contributed by atoms with Crippen LogP contribution in [0.5, 0.6) is 0 Å². The summed E-state index contributed by atoms with van der Waals surface area (Å²) in [5.41, 5.74) is 1.58. The summed E-state index contributed by atoms with van der Waals surface area (Å²) in [5, 5.41) is 8.64. The van der Waals surface area contributed by atoms with E-state index in [1.54, 1.807) is 7.11 Å². The number of methoxy groups -OCH3 is 1. The molecule has 1 aromatic rings. The molecular formula is C14H19N3O3. The summed E-state index contributed by atoms with van der Waals surface area (Å²) < 4.78 is 4.90. The molecule has 0 aliphatic carbocycles. The van der Waals surface area contributed by atoms with Gasteiger partial charge < -0.3 is 20.7 Å². The van der Waals surface area contributed by atoms with E-state index >= 15 is 0 Å². The first-order valence-corrected chi connectivity index (χ1v) is 6.63. The first kappa shape index (κ1) is 14.3. The van der Waals surface area contributed by atoms with Gasteiger partial charge in [0.15, 0.2) is 0 Å². The third-order valence-corrected chi connectivity index (χ3v) is 3.07. The van der Waals surface area contributed by atoms with Crippen molar-refractivity contribution in [3.63, 3.8) is 0 Å². The number of ether oxygens (including phenoxy) is 1. The van der Waals surface area contributed by atoms with Crippen molar-refractivity contribution < 1.29 is 14.3 Å². The minimum absolute atomic E-state index is 0.118. The predicted molar refractivity (Wildman–Crippen MR) is 76.6 cm³/mol. The average Bonchev–Trinajstić information content (AvgIpc) is 2.44. The van der Waals surface area contributed by atoms with Gasteiger partial charge in [0, 0.05) is 20.3 Å². The second-order valence-electron chi connectivity index (χ2n) is 4.63. The van der Waals surface area contributed by atoms with Gasteiger partial charge in [-0.15, -0.1) is 0 Å². The summed E-state index contributed by atoms with van der Waals surface area (Å²) >= 11 is 0. The number of hydrogen-bond acceptors (Lipinski definition) is 4. The van der Waals surface area contributed by atoms with E-state index in [0.717, 1.165) is 17.8 Å². The summed E-state index contributed by atoms with van der Waals surface area (Å²) in [6, 6.07) is 6.89. The highest BCUT2D eigenvalue weighted by molar-refractivity contribution is 6.04. The second kappa shape index (κ2) is 6.91. The molecule has 0 spiro atoms.